The maximum Gasteiger partial charge on any atom is 1.00 e. The maximum absolute atomic E-state index is 12.1. The molecule has 106 valence electrons. The molecule has 1 unspecified atom stereocenters. The Labute approximate surface area is 122 Å². The van der Waals surface area contributed by atoms with Crippen LogP contribution in [-0.4, -0.2) is 31.1 Å². The molecule has 0 N–H and O–H groups in total. The van der Waals surface area contributed by atoms with Crippen molar-refractivity contribution < 1.29 is 23.4 Å². The van der Waals surface area contributed by atoms with Crippen molar-refractivity contribution in [1.29, 1.82) is 0 Å². The summed E-state index contributed by atoms with van der Waals surface area (Å²) in [5.41, 5.74) is 1.03. The van der Waals surface area contributed by atoms with Gasteiger partial charge in [0.05, 0.1) is 7.11 Å². The third kappa shape index (κ3) is 4.22. The molecule has 1 aromatic carbocycles. The molecule has 0 spiro atoms. The van der Waals surface area contributed by atoms with Crippen LogP contribution in [-0.2, 0) is 9.53 Å². The maximum atomic E-state index is 12.1. The zero-order valence-corrected chi connectivity index (χ0v) is 12.1. The summed E-state index contributed by atoms with van der Waals surface area (Å²) < 4.78 is 4.98. The normalized spacial score (nSPS) is 17.9. The Kier molecular flexibility index (Phi) is 6.89. The van der Waals surface area contributed by atoms with Crippen LogP contribution in [0.25, 0.3) is 0 Å². The van der Waals surface area contributed by atoms with Gasteiger partial charge < -0.3 is 17.1 Å². The van der Waals surface area contributed by atoms with Crippen molar-refractivity contribution in [2.24, 2.45) is 0 Å². The number of ether oxygens (including phenoxy) is 1. The Balaban J connectivity index is 0.00000180. The predicted octanol–water partition coefficient (Wildman–Crippen LogP) is -0.107. The Morgan fingerprint density at radius 2 is 1.74 bits per heavy atom. The molecule has 0 radical (unpaired) electrons. The Hall–Kier alpha value is -1.06. The second-order valence-electron chi connectivity index (χ2n) is 4.79. The zero-order valence-electron chi connectivity index (χ0n) is 12.3. The number of likely N-dealkylation sites (tertiary alicyclic amines) is 1. The predicted molar refractivity (Wildman–Crippen MR) is 72.4 cm³/mol. The van der Waals surface area contributed by atoms with Crippen LogP contribution in [0.2, 0.25) is 0 Å². The van der Waals surface area contributed by atoms with E-state index in [9.17, 15) is 4.79 Å². The first-order valence-electron chi connectivity index (χ1n) is 6.70. The lowest BCUT2D eigenvalue weighted by molar-refractivity contribution is -0.147. The molecule has 1 aliphatic heterocycles. The molecule has 1 fully saturated rings. The van der Waals surface area contributed by atoms with Gasteiger partial charge in [-0.15, -0.1) is 0 Å². The lowest BCUT2D eigenvalue weighted by Crippen LogP contribution is -3.00. The van der Waals surface area contributed by atoms with E-state index in [2.05, 4.69) is 4.90 Å². The first-order valence-corrected chi connectivity index (χ1v) is 6.70. The molecule has 3 nitrogen and oxygen atoms in total. The van der Waals surface area contributed by atoms with Crippen LogP contribution in [0.4, 0.5) is 0 Å². The van der Waals surface area contributed by atoms with E-state index in [1.54, 1.807) is 0 Å². The van der Waals surface area contributed by atoms with Gasteiger partial charge in [0.15, 0.2) is 0 Å². The molecule has 19 heavy (non-hydrogen) atoms. The van der Waals surface area contributed by atoms with Crippen LogP contribution in [0.1, 0.15) is 38.7 Å². The number of benzene rings is 1. The summed E-state index contributed by atoms with van der Waals surface area (Å²) >= 11 is 0. The molecule has 0 saturated carbocycles. The average molecular weight is 284 g/mol. The van der Waals surface area contributed by atoms with Crippen LogP contribution < -0.4 is 12.4 Å². The molecule has 0 amide bonds. The summed E-state index contributed by atoms with van der Waals surface area (Å²) in [5.74, 6) is -0.150. The number of nitrogens with zero attached hydrogens (tertiary/aromatic N) is 1. The Morgan fingerprint density at radius 3 is 2.26 bits per heavy atom. The summed E-state index contributed by atoms with van der Waals surface area (Å²) in [6, 6.07) is 9.69. The fraction of sp³-hybridized carbons (Fsp3) is 0.533. The van der Waals surface area contributed by atoms with Gasteiger partial charge in [-0.1, -0.05) is 43.2 Å². The Morgan fingerprint density at radius 1 is 1.16 bits per heavy atom. The number of rotatable bonds is 3. The molecular weight excluding hydrogens is 262 g/mol. The van der Waals surface area contributed by atoms with Crippen molar-refractivity contribution in [2.75, 3.05) is 20.2 Å². The molecule has 1 aromatic rings. The van der Waals surface area contributed by atoms with Gasteiger partial charge in [0, 0.05) is 0 Å². The summed E-state index contributed by atoms with van der Waals surface area (Å²) in [6.45, 7) is 1.96. The summed E-state index contributed by atoms with van der Waals surface area (Å²) in [7, 11) is 1.47. The van der Waals surface area contributed by atoms with Gasteiger partial charge in [0.2, 0.25) is 0 Å². The number of halogens is 1. The third-order valence-corrected chi connectivity index (χ3v) is 3.55. The van der Waals surface area contributed by atoms with Crippen LogP contribution in [0.5, 0.6) is 0 Å². The number of hydrogen-bond donors (Lipinski definition) is 0. The topological polar surface area (TPSA) is 29.5 Å². The highest BCUT2D eigenvalue weighted by Crippen LogP contribution is 2.25. The standard InChI is InChI=1S/C15H21NO2.ClH/c1-18-15(17)14(13-9-5-4-6-10-13)16-11-7-2-3-8-12-16;/h4-6,9-10,14H,2-3,7-8,11-12H2,1H3;1H. The number of methoxy groups -OCH3 is 1. The second kappa shape index (κ2) is 8.18. The molecular formula is C15H22ClNO2. The number of esters is 1. The average Bonchev–Trinajstić information content (AvgIpc) is 2.69. The number of hydrogen-bond acceptors (Lipinski definition) is 3. The molecule has 4 heteroatoms. The van der Waals surface area contributed by atoms with E-state index < -0.39 is 0 Å². The van der Waals surface area contributed by atoms with Crippen molar-refractivity contribution in [1.82, 2.24) is 4.90 Å². The van der Waals surface area contributed by atoms with E-state index in [0.29, 0.717) is 0 Å². The van der Waals surface area contributed by atoms with Crippen LogP contribution in [0, 0.1) is 0 Å². The van der Waals surface area contributed by atoms with Gasteiger partial charge in [-0.3, -0.25) is 4.90 Å². The smallest absolute Gasteiger partial charge is 1.00 e. The minimum atomic E-state index is -0.241. The quantitative estimate of drug-likeness (QED) is 0.725. The van der Waals surface area contributed by atoms with Crippen molar-refractivity contribution >= 4 is 5.97 Å². The lowest BCUT2D eigenvalue weighted by Gasteiger charge is -2.28. The van der Waals surface area contributed by atoms with Gasteiger partial charge >= 0.3 is 7.40 Å². The van der Waals surface area contributed by atoms with Crippen molar-refractivity contribution in [3.8, 4) is 0 Å². The van der Waals surface area contributed by atoms with Crippen LogP contribution >= 0.6 is 0 Å². The van der Waals surface area contributed by atoms with E-state index in [0.717, 1.165) is 18.7 Å². The van der Waals surface area contributed by atoms with Gasteiger partial charge in [-0.2, -0.15) is 0 Å². The monoisotopic (exact) mass is 283 g/mol. The summed E-state index contributed by atoms with van der Waals surface area (Å²) in [6.07, 6.45) is 4.86. The number of carbonyl (C=O) groups is 1. The molecule has 1 saturated heterocycles. The van der Waals surface area contributed by atoms with Gasteiger partial charge in [0.25, 0.3) is 0 Å². The molecule has 2 rings (SSSR count). The van der Waals surface area contributed by atoms with Crippen LogP contribution in [0.15, 0.2) is 30.3 Å². The highest BCUT2D eigenvalue weighted by atomic mass is 35.5. The molecule has 0 aromatic heterocycles. The second-order valence-corrected chi connectivity index (χ2v) is 4.79. The van der Waals surface area contributed by atoms with Crippen molar-refractivity contribution in [3.05, 3.63) is 35.9 Å². The number of carbonyl (C=O) groups excluding carboxylic acids is 1. The first kappa shape index (κ1) is 16.0. The zero-order chi connectivity index (χ0) is 12.8. The van der Waals surface area contributed by atoms with Gasteiger partial charge in [0.1, 0.15) is 6.04 Å². The van der Waals surface area contributed by atoms with E-state index in [4.69, 9.17) is 4.74 Å². The highest BCUT2D eigenvalue weighted by Gasteiger charge is 2.28. The molecule has 0 aliphatic carbocycles. The molecule has 0 bridgehead atoms. The van der Waals surface area contributed by atoms with E-state index >= 15 is 0 Å². The molecule has 1 atom stereocenters. The summed E-state index contributed by atoms with van der Waals surface area (Å²) in [4.78, 5) is 14.3. The largest absolute Gasteiger partial charge is 1.00 e. The van der Waals surface area contributed by atoms with Crippen molar-refractivity contribution in [2.45, 2.75) is 31.7 Å². The fourth-order valence-corrected chi connectivity index (χ4v) is 2.60. The summed E-state index contributed by atoms with van der Waals surface area (Å²) in [5, 5.41) is 0. The van der Waals surface area contributed by atoms with Crippen molar-refractivity contribution in [3.63, 3.8) is 0 Å². The van der Waals surface area contributed by atoms with E-state index in [-0.39, 0.29) is 25.8 Å². The molecule has 1 aliphatic rings. The molecule has 1 heterocycles. The fourth-order valence-electron chi connectivity index (χ4n) is 2.60. The minimum Gasteiger partial charge on any atom is -1.00 e. The first-order chi connectivity index (χ1) is 8.83. The van der Waals surface area contributed by atoms with Gasteiger partial charge in [-0.25, -0.2) is 4.79 Å². The minimum absolute atomic E-state index is 0. The SMILES string of the molecule is COC(=O)C(c1ccccc1)N1CCCCCC1.[Cl-].[H+]. The third-order valence-electron chi connectivity index (χ3n) is 3.55. The van der Waals surface area contributed by atoms with E-state index in [1.165, 1.54) is 32.8 Å². The van der Waals surface area contributed by atoms with Gasteiger partial charge in [-0.05, 0) is 31.5 Å². The highest BCUT2D eigenvalue weighted by molar-refractivity contribution is 5.77. The lowest BCUT2D eigenvalue weighted by atomic mass is 10.1. The Bertz CT molecular complexity index is 381. The van der Waals surface area contributed by atoms with Crippen LogP contribution in [0.3, 0.4) is 0 Å². The van der Waals surface area contributed by atoms with E-state index in [1.807, 2.05) is 30.3 Å².